The van der Waals surface area contributed by atoms with Crippen molar-refractivity contribution < 1.29 is 4.79 Å². The van der Waals surface area contributed by atoms with Gasteiger partial charge in [-0.1, -0.05) is 19.1 Å². The second kappa shape index (κ2) is 7.96. The minimum Gasteiger partial charge on any atom is -0.370 e. The van der Waals surface area contributed by atoms with Gasteiger partial charge in [-0.2, -0.15) is 0 Å². The van der Waals surface area contributed by atoms with E-state index in [9.17, 15) is 4.79 Å². The highest BCUT2D eigenvalue weighted by molar-refractivity contribution is 5.93. The summed E-state index contributed by atoms with van der Waals surface area (Å²) in [6.07, 6.45) is 2.46. The van der Waals surface area contributed by atoms with Crippen molar-refractivity contribution in [1.29, 1.82) is 0 Å². The highest BCUT2D eigenvalue weighted by Crippen LogP contribution is 2.18. The van der Waals surface area contributed by atoms with Crippen LogP contribution in [-0.4, -0.2) is 53.5 Å². The Morgan fingerprint density at radius 2 is 1.96 bits per heavy atom. The summed E-state index contributed by atoms with van der Waals surface area (Å²) >= 11 is 0. The molecule has 0 saturated carbocycles. The molecule has 1 N–H and O–H groups in total. The van der Waals surface area contributed by atoms with E-state index >= 15 is 0 Å². The van der Waals surface area contributed by atoms with Crippen LogP contribution < -0.4 is 10.2 Å². The van der Waals surface area contributed by atoms with Gasteiger partial charge in [0.15, 0.2) is 0 Å². The van der Waals surface area contributed by atoms with E-state index in [1.807, 2.05) is 4.90 Å². The lowest BCUT2D eigenvalue weighted by Gasteiger charge is -2.36. The van der Waals surface area contributed by atoms with E-state index in [1.165, 1.54) is 17.6 Å². The van der Waals surface area contributed by atoms with Gasteiger partial charge < -0.3 is 15.1 Å². The van der Waals surface area contributed by atoms with E-state index in [2.05, 4.69) is 58.3 Å². The van der Waals surface area contributed by atoms with Crippen LogP contribution in [0.15, 0.2) is 36.7 Å². The third-order valence-corrected chi connectivity index (χ3v) is 4.38. The molecule has 1 amide bonds. The normalized spacial score (nSPS) is 14.5. The summed E-state index contributed by atoms with van der Waals surface area (Å²) in [5, 5.41) is 3.20. The van der Waals surface area contributed by atoms with E-state index in [0.29, 0.717) is 24.6 Å². The van der Waals surface area contributed by atoms with Crippen LogP contribution in [0.4, 0.5) is 11.5 Å². The fraction of sp³-hybridized carbons (Fsp3) is 0.421. The molecule has 0 bridgehead atoms. The average molecular weight is 339 g/mol. The van der Waals surface area contributed by atoms with E-state index < -0.39 is 0 Å². The van der Waals surface area contributed by atoms with Gasteiger partial charge in [0.1, 0.15) is 17.8 Å². The van der Waals surface area contributed by atoms with Gasteiger partial charge in [0.2, 0.25) is 0 Å². The first-order chi connectivity index (χ1) is 12.2. The Morgan fingerprint density at radius 3 is 2.68 bits per heavy atom. The standard InChI is InChI=1S/C19H25N5O/c1-3-7-20-18-13-17(21-14-22-18)19(25)24-10-8-23(9-11-24)16-6-4-5-15(2)12-16/h4-6,12-14H,3,7-11H2,1-2H3,(H,20,21,22). The topological polar surface area (TPSA) is 61.4 Å². The second-order valence-electron chi connectivity index (χ2n) is 6.33. The summed E-state index contributed by atoms with van der Waals surface area (Å²) < 4.78 is 0. The Balaban J connectivity index is 1.61. The Labute approximate surface area is 148 Å². The van der Waals surface area contributed by atoms with Gasteiger partial charge >= 0.3 is 0 Å². The molecule has 1 aromatic heterocycles. The number of carbonyl (C=O) groups excluding carboxylic acids is 1. The Bertz CT molecular complexity index is 725. The van der Waals surface area contributed by atoms with Crippen LogP contribution in [0, 0.1) is 6.92 Å². The van der Waals surface area contributed by atoms with Gasteiger partial charge in [0, 0.05) is 44.5 Å². The molecule has 0 radical (unpaired) electrons. The maximum atomic E-state index is 12.7. The predicted molar refractivity (Wildman–Crippen MR) is 100 cm³/mol. The quantitative estimate of drug-likeness (QED) is 0.907. The molecule has 1 aromatic carbocycles. The number of anilines is 2. The molecule has 0 atom stereocenters. The number of hydrogen-bond donors (Lipinski definition) is 1. The van der Waals surface area contributed by atoms with Crippen molar-refractivity contribution in [2.75, 3.05) is 42.9 Å². The van der Waals surface area contributed by atoms with E-state index in [1.54, 1.807) is 6.07 Å². The summed E-state index contributed by atoms with van der Waals surface area (Å²) in [6.45, 7) is 8.10. The van der Waals surface area contributed by atoms with Crippen LogP contribution in [0.3, 0.4) is 0 Å². The fourth-order valence-corrected chi connectivity index (χ4v) is 2.98. The van der Waals surface area contributed by atoms with Crippen LogP contribution in [0.1, 0.15) is 29.4 Å². The number of nitrogens with one attached hydrogen (secondary N) is 1. The number of benzene rings is 1. The molecule has 1 saturated heterocycles. The average Bonchev–Trinajstić information content (AvgIpc) is 2.66. The molecule has 6 heteroatoms. The molecule has 2 heterocycles. The van der Waals surface area contributed by atoms with Crippen LogP contribution in [0.2, 0.25) is 0 Å². The Kier molecular flexibility index (Phi) is 5.48. The predicted octanol–water partition coefficient (Wildman–Crippen LogP) is 2.57. The summed E-state index contributed by atoms with van der Waals surface area (Å²) in [7, 11) is 0. The lowest BCUT2D eigenvalue weighted by atomic mass is 10.2. The van der Waals surface area contributed by atoms with E-state index in [-0.39, 0.29) is 5.91 Å². The van der Waals surface area contributed by atoms with E-state index in [0.717, 1.165) is 26.1 Å². The van der Waals surface area contributed by atoms with Gasteiger partial charge in [-0.15, -0.1) is 0 Å². The zero-order chi connectivity index (χ0) is 17.6. The Hall–Kier alpha value is -2.63. The van der Waals surface area contributed by atoms with Crippen LogP contribution in [-0.2, 0) is 0 Å². The van der Waals surface area contributed by atoms with Crippen molar-refractivity contribution in [2.45, 2.75) is 20.3 Å². The van der Waals surface area contributed by atoms with Crippen molar-refractivity contribution in [1.82, 2.24) is 14.9 Å². The molecule has 0 aliphatic carbocycles. The SMILES string of the molecule is CCCNc1cc(C(=O)N2CCN(c3cccc(C)c3)CC2)ncn1. The largest absolute Gasteiger partial charge is 0.370 e. The highest BCUT2D eigenvalue weighted by Gasteiger charge is 2.23. The molecule has 1 aliphatic heterocycles. The van der Waals surface area contributed by atoms with Crippen molar-refractivity contribution in [3.8, 4) is 0 Å². The number of nitrogens with zero attached hydrogens (tertiary/aromatic N) is 4. The lowest BCUT2D eigenvalue weighted by Crippen LogP contribution is -2.49. The van der Waals surface area contributed by atoms with Crippen molar-refractivity contribution in [3.63, 3.8) is 0 Å². The first-order valence-corrected chi connectivity index (χ1v) is 8.84. The maximum absolute atomic E-state index is 12.7. The third-order valence-electron chi connectivity index (χ3n) is 4.38. The molecule has 1 aliphatic rings. The molecule has 2 aromatic rings. The fourth-order valence-electron chi connectivity index (χ4n) is 2.98. The first kappa shape index (κ1) is 17.2. The van der Waals surface area contributed by atoms with Crippen LogP contribution in [0.25, 0.3) is 0 Å². The molecular weight excluding hydrogens is 314 g/mol. The van der Waals surface area contributed by atoms with Crippen molar-refractivity contribution in [2.24, 2.45) is 0 Å². The molecule has 1 fully saturated rings. The Morgan fingerprint density at radius 1 is 1.16 bits per heavy atom. The number of aryl methyl sites for hydroxylation is 1. The van der Waals surface area contributed by atoms with Crippen molar-refractivity contribution >= 4 is 17.4 Å². The van der Waals surface area contributed by atoms with Gasteiger partial charge in [0.25, 0.3) is 5.91 Å². The smallest absolute Gasteiger partial charge is 0.272 e. The third kappa shape index (κ3) is 4.26. The van der Waals surface area contributed by atoms with Gasteiger partial charge in [-0.3, -0.25) is 4.79 Å². The van der Waals surface area contributed by atoms with E-state index in [4.69, 9.17) is 0 Å². The van der Waals surface area contributed by atoms with Crippen LogP contribution >= 0.6 is 0 Å². The summed E-state index contributed by atoms with van der Waals surface area (Å²) in [6, 6.07) is 10.2. The summed E-state index contributed by atoms with van der Waals surface area (Å²) in [5.74, 6) is 0.685. The number of rotatable bonds is 5. The molecule has 0 unspecified atom stereocenters. The maximum Gasteiger partial charge on any atom is 0.272 e. The minimum absolute atomic E-state index is 0.0224. The molecule has 132 valence electrons. The minimum atomic E-state index is -0.0224. The zero-order valence-electron chi connectivity index (χ0n) is 14.9. The van der Waals surface area contributed by atoms with Gasteiger partial charge in [0.05, 0.1) is 0 Å². The number of carbonyl (C=O) groups is 1. The zero-order valence-corrected chi connectivity index (χ0v) is 14.9. The van der Waals surface area contributed by atoms with Gasteiger partial charge in [-0.05, 0) is 31.0 Å². The number of aromatic nitrogens is 2. The number of piperazine rings is 1. The molecule has 25 heavy (non-hydrogen) atoms. The monoisotopic (exact) mass is 339 g/mol. The molecule has 6 nitrogen and oxygen atoms in total. The lowest BCUT2D eigenvalue weighted by molar-refractivity contribution is 0.0740. The molecule has 0 spiro atoms. The second-order valence-corrected chi connectivity index (χ2v) is 6.33. The highest BCUT2D eigenvalue weighted by atomic mass is 16.2. The van der Waals surface area contributed by atoms with Crippen molar-refractivity contribution in [3.05, 3.63) is 47.9 Å². The number of amides is 1. The van der Waals surface area contributed by atoms with Gasteiger partial charge in [-0.25, -0.2) is 9.97 Å². The molecule has 3 rings (SSSR count). The summed E-state index contributed by atoms with van der Waals surface area (Å²) in [5.41, 5.74) is 2.93. The summed E-state index contributed by atoms with van der Waals surface area (Å²) in [4.78, 5) is 25.2. The first-order valence-electron chi connectivity index (χ1n) is 8.84. The number of hydrogen-bond acceptors (Lipinski definition) is 5. The molecular formula is C19H25N5O. The van der Waals surface area contributed by atoms with Crippen LogP contribution in [0.5, 0.6) is 0 Å².